The van der Waals surface area contributed by atoms with Crippen molar-refractivity contribution in [3.63, 3.8) is 0 Å². The molecule has 5 heteroatoms. The minimum Gasteiger partial charge on any atom is -0.297 e. The van der Waals surface area contributed by atoms with Crippen LogP contribution in [-0.2, 0) is 11.0 Å². The highest BCUT2D eigenvalue weighted by Crippen LogP contribution is 2.32. The minimum absolute atomic E-state index is 0.357. The second-order valence-electron chi connectivity index (χ2n) is 2.91. The summed E-state index contributed by atoms with van der Waals surface area (Å²) >= 11 is 0. The molecule has 0 heterocycles. The molecular weight excluding hydrogens is 207 g/mol. The highest BCUT2D eigenvalue weighted by Gasteiger charge is 2.30. The fraction of sp³-hybridized carbons (Fsp3) is 0.200. The van der Waals surface area contributed by atoms with Crippen LogP contribution < -0.4 is 0 Å². The van der Waals surface area contributed by atoms with E-state index in [1.165, 1.54) is 13.0 Å². The van der Waals surface area contributed by atoms with E-state index in [0.717, 1.165) is 18.3 Å². The first-order valence-electron chi connectivity index (χ1n) is 4.11. The van der Waals surface area contributed by atoms with Gasteiger partial charge in [0.15, 0.2) is 6.29 Å². The first-order valence-corrected chi connectivity index (χ1v) is 4.11. The standard InChI is InChI=1S/C10H8F3NO/c1-7-6-8(10(11,12)13)2-3-9(7)14-4-5-15/h2-6H,1H3. The molecule has 0 aliphatic heterocycles. The van der Waals surface area contributed by atoms with Crippen LogP contribution in [0.3, 0.4) is 0 Å². The van der Waals surface area contributed by atoms with Gasteiger partial charge in [0.1, 0.15) is 0 Å². The van der Waals surface area contributed by atoms with Crippen molar-refractivity contribution in [1.82, 2.24) is 0 Å². The van der Waals surface area contributed by atoms with Crippen molar-refractivity contribution < 1.29 is 18.0 Å². The van der Waals surface area contributed by atoms with Crippen molar-refractivity contribution in [1.29, 1.82) is 0 Å². The Hall–Kier alpha value is -1.65. The van der Waals surface area contributed by atoms with E-state index in [0.29, 0.717) is 17.5 Å². The van der Waals surface area contributed by atoms with Gasteiger partial charge in [-0.05, 0) is 30.7 Å². The van der Waals surface area contributed by atoms with Gasteiger partial charge in [-0.15, -0.1) is 0 Å². The number of carbonyl (C=O) groups excluding carboxylic acids is 1. The summed E-state index contributed by atoms with van der Waals surface area (Å²) < 4.78 is 36.8. The monoisotopic (exact) mass is 215 g/mol. The summed E-state index contributed by atoms with van der Waals surface area (Å²) in [6, 6.07) is 3.17. The largest absolute Gasteiger partial charge is 0.416 e. The maximum Gasteiger partial charge on any atom is 0.416 e. The van der Waals surface area contributed by atoms with Crippen LogP contribution in [0, 0.1) is 6.92 Å². The van der Waals surface area contributed by atoms with E-state index in [9.17, 15) is 18.0 Å². The molecule has 15 heavy (non-hydrogen) atoms. The summed E-state index contributed by atoms with van der Waals surface area (Å²) in [6.07, 6.45) is -2.88. The molecule has 0 saturated heterocycles. The molecule has 0 atom stereocenters. The molecule has 0 N–H and O–H groups in total. The van der Waals surface area contributed by atoms with Crippen LogP contribution in [0.15, 0.2) is 23.2 Å². The van der Waals surface area contributed by atoms with Crippen LogP contribution >= 0.6 is 0 Å². The molecule has 0 spiro atoms. The molecule has 0 aliphatic rings. The molecule has 0 unspecified atom stereocenters. The summed E-state index contributed by atoms with van der Waals surface area (Å²) in [5, 5.41) is 0. The number of halogens is 3. The summed E-state index contributed by atoms with van der Waals surface area (Å²) in [4.78, 5) is 13.7. The van der Waals surface area contributed by atoms with Crippen LogP contribution in [0.4, 0.5) is 18.9 Å². The first kappa shape index (κ1) is 11.4. The van der Waals surface area contributed by atoms with Crippen molar-refractivity contribution in [2.75, 3.05) is 0 Å². The van der Waals surface area contributed by atoms with Gasteiger partial charge in [0, 0.05) is 0 Å². The van der Waals surface area contributed by atoms with Crippen molar-refractivity contribution >= 4 is 18.2 Å². The lowest BCUT2D eigenvalue weighted by molar-refractivity contribution is -0.137. The van der Waals surface area contributed by atoms with Crippen molar-refractivity contribution in [2.45, 2.75) is 13.1 Å². The van der Waals surface area contributed by atoms with Gasteiger partial charge < -0.3 is 0 Å². The van der Waals surface area contributed by atoms with Crippen molar-refractivity contribution in [3.05, 3.63) is 29.3 Å². The summed E-state index contributed by atoms with van der Waals surface area (Å²) in [7, 11) is 0. The maximum absolute atomic E-state index is 12.3. The lowest BCUT2D eigenvalue weighted by Crippen LogP contribution is -2.04. The van der Waals surface area contributed by atoms with Gasteiger partial charge in [-0.3, -0.25) is 9.79 Å². The molecule has 80 valence electrons. The smallest absolute Gasteiger partial charge is 0.297 e. The fourth-order valence-electron chi connectivity index (χ4n) is 1.09. The summed E-state index contributed by atoms with van der Waals surface area (Å²) in [6.45, 7) is 1.51. The van der Waals surface area contributed by atoms with Gasteiger partial charge in [-0.1, -0.05) is 0 Å². The number of hydrogen-bond acceptors (Lipinski definition) is 2. The topological polar surface area (TPSA) is 29.4 Å². The van der Waals surface area contributed by atoms with E-state index in [2.05, 4.69) is 4.99 Å². The van der Waals surface area contributed by atoms with E-state index in [1.807, 2.05) is 0 Å². The van der Waals surface area contributed by atoms with Crippen molar-refractivity contribution in [2.24, 2.45) is 4.99 Å². The molecule has 0 amide bonds. The lowest BCUT2D eigenvalue weighted by Gasteiger charge is -2.08. The average molecular weight is 215 g/mol. The zero-order valence-electron chi connectivity index (χ0n) is 7.88. The second-order valence-corrected chi connectivity index (χ2v) is 2.91. The van der Waals surface area contributed by atoms with Crippen LogP contribution in [-0.4, -0.2) is 12.5 Å². The number of alkyl halides is 3. The van der Waals surface area contributed by atoms with Crippen LogP contribution in [0.2, 0.25) is 0 Å². The van der Waals surface area contributed by atoms with Gasteiger partial charge >= 0.3 is 6.18 Å². The Bertz CT molecular complexity index is 396. The Balaban J connectivity index is 3.09. The Morgan fingerprint density at radius 1 is 1.33 bits per heavy atom. The molecule has 1 rings (SSSR count). The highest BCUT2D eigenvalue weighted by molar-refractivity contribution is 6.13. The molecule has 0 radical (unpaired) electrons. The predicted octanol–water partition coefficient (Wildman–Crippen LogP) is 2.92. The Labute approximate surface area is 84.4 Å². The molecule has 0 aromatic heterocycles. The predicted molar refractivity (Wildman–Crippen MR) is 50.4 cm³/mol. The first-order chi connectivity index (χ1) is 6.95. The maximum atomic E-state index is 12.3. The number of aliphatic imine (C=N–C) groups is 1. The number of carbonyl (C=O) groups is 1. The zero-order valence-corrected chi connectivity index (χ0v) is 7.88. The number of nitrogens with zero attached hydrogens (tertiary/aromatic N) is 1. The molecule has 1 aromatic carbocycles. The molecule has 2 nitrogen and oxygen atoms in total. The average Bonchev–Trinajstić information content (AvgIpc) is 2.14. The molecule has 0 saturated carbocycles. The minimum atomic E-state index is -4.35. The third-order valence-corrected chi connectivity index (χ3v) is 1.80. The molecule has 1 aromatic rings. The van der Waals surface area contributed by atoms with Crippen molar-refractivity contribution in [3.8, 4) is 0 Å². The fourth-order valence-corrected chi connectivity index (χ4v) is 1.09. The van der Waals surface area contributed by atoms with Gasteiger partial charge in [-0.2, -0.15) is 13.2 Å². The molecule has 0 fully saturated rings. The lowest BCUT2D eigenvalue weighted by atomic mass is 10.1. The van der Waals surface area contributed by atoms with Gasteiger partial charge in [-0.25, -0.2) is 0 Å². The Kier molecular flexibility index (Phi) is 3.24. The third kappa shape index (κ3) is 2.90. The normalized spacial score (nSPS) is 12.0. The summed E-state index contributed by atoms with van der Waals surface area (Å²) in [5.41, 5.74) is 0.0167. The number of hydrogen-bond donors (Lipinski definition) is 0. The highest BCUT2D eigenvalue weighted by atomic mass is 19.4. The SMILES string of the molecule is Cc1cc(C(F)(F)F)ccc1N=CC=O. The van der Waals surface area contributed by atoms with E-state index in [-0.39, 0.29) is 0 Å². The molecule has 0 aliphatic carbocycles. The van der Waals surface area contributed by atoms with Crippen LogP contribution in [0.1, 0.15) is 11.1 Å². The number of aryl methyl sites for hydroxylation is 1. The van der Waals surface area contributed by atoms with E-state index < -0.39 is 11.7 Å². The van der Waals surface area contributed by atoms with Crippen LogP contribution in [0.25, 0.3) is 0 Å². The summed E-state index contributed by atoms with van der Waals surface area (Å²) in [5.74, 6) is 0. The van der Waals surface area contributed by atoms with Gasteiger partial charge in [0.2, 0.25) is 0 Å². The third-order valence-electron chi connectivity index (χ3n) is 1.80. The molecule has 0 bridgehead atoms. The van der Waals surface area contributed by atoms with Gasteiger partial charge in [0.05, 0.1) is 17.5 Å². The Morgan fingerprint density at radius 3 is 2.47 bits per heavy atom. The number of benzene rings is 1. The van der Waals surface area contributed by atoms with Gasteiger partial charge in [0.25, 0.3) is 0 Å². The van der Waals surface area contributed by atoms with E-state index in [4.69, 9.17) is 0 Å². The van der Waals surface area contributed by atoms with E-state index in [1.54, 1.807) is 0 Å². The number of rotatable bonds is 2. The quantitative estimate of drug-likeness (QED) is 0.551. The Morgan fingerprint density at radius 2 is 2.00 bits per heavy atom. The number of aldehydes is 1. The van der Waals surface area contributed by atoms with Crippen LogP contribution in [0.5, 0.6) is 0 Å². The zero-order chi connectivity index (χ0) is 11.5. The van der Waals surface area contributed by atoms with E-state index >= 15 is 0 Å². The molecular formula is C10H8F3NO. The second kappa shape index (κ2) is 4.25.